The van der Waals surface area contributed by atoms with Gasteiger partial charge in [-0.25, -0.2) is 9.67 Å². The largest absolute Gasteiger partial charge is 0.376 e. The molecule has 0 aromatic carbocycles. The van der Waals surface area contributed by atoms with Crippen molar-refractivity contribution < 1.29 is 4.74 Å². The lowest BCUT2D eigenvalue weighted by molar-refractivity contribution is 0.00419. The molecule has 1 aliphatic heterocycles. The molecule has 0 bridgehead atoms. The van der Waals surface area contributed by atoms with Crippen LogP contribution in [0, 0.1) is 0 Å². The Morgan fingerprint density at radius 1 is 1.43 bits per heavy atom. The normalized spacial score (nSPS) is 20.1. The molecule has 2 heterocycles. The van der Waals surface area contributed by atoms with Crippen LogP contribution in [0.15, 0.2) is 11.1 Å². The van der Waals surface area contributed by atoms with E-state index in [-0.39, 0.29) is 11.5 Å². The van der Waals surface area contributed by atoms with Crippen LogP contribution in [0.5, 0.6) is 0 Å². The van der Waals surface area contributed by atoms with Crippen LogP contribution in [0.1, 0.15) is 45.7 Å². The van der Waals surface area contributed by atoms with E-state index < -0.39 is 0 Å². The van der Waals surface area contributed by atoms with Crippen molar-refractivity contribution in [3.8, 4) is 0 Å². The molecule has 1 fully saturated rings. The van der Waals surface area contributed by atoms with Gasteiger partial charge in [-0.15, -0.1) is 0 Å². The Bertz CT molecular complexity index is 479. The van der Waals surface area contributed by atoms with Gasteiger partial charge in [-0.3, -0.25) is 0 Å². The minimum Gasteiger partial charge on any atom is -0.376 e. The van der Waals surface area contributed by atoms with Gasteiger partial charge in [0.1, 0.15) is 0 Å². The first-order chi connectivity index (χ1) is 9.86. The highest BCUT2D eigenvalue weighted by Gasteiger charge is 2.22. The number of hydrogen-bond donors (Lipinski definition) is 0. The molecule has 5 nitrogen and oxygen atoms in total. The van der Waals surface area contributed by atoms with E-state index in [2.05, 4.69) is 31.8 Å². The summed E-state index contributed by atoms with van der Waals surface area (Å²) in [4.78, 5) is 6.49. The molecule has 0 amide bonds. The highest BCUT2D eigenvalue weighted by atomic mass is 16.5. The van der Waals surface area contributed by atoms with Gasteiger partial charge in [0.05, 0.1) is 24.7 Å². The summed E-state index contributed by atoms with van der Waals surface area (Å²) in [6.45, 7) is 8.19. The Morgan fingerprint density at radius 2 is 2.19 bits per heavy atom. The molecule has 5 heteroatoms. The van der Waals surface area contributed by atoms with Crippen molar-refractivity contribution in [2.75, 3.05) is 20.7 Å². The van der Waals surface area contributed by atoms with E-state index in [1.165, 1.54) is 12.8 Å². The number of ether oxygens (including phenoxy) is 1. The maximum Gasteiger partial charge on any atom is 0.152 e. The van der Waals surface area contributed by atoms with Gasteiger partial charge in [0.25, 0.3) is 0 Å². The molecule has 118 valence electrons. The Hall–Kier alpha value is -1.36. The third-order valence-electron chi connectivity index (χ3n) is 3.60. The molecular weight excluding hydrogens is 264 g/mol. The van der Waals surface area contributed by atoms with E-state index in [0.717, 1.165) is 31.1 Å². The molecular formula is C16H28N4O. The molecule has 0 saturated carbocycles. The van der Waals surface area contributed by atoms with Gasteiger partial charge in [-0.05, 0) is 19.3 Å². The van der Waals surface area contributed by atoms with Crippen LogP contribution in [0.3, 0.4) is 0 Å². The molecule has 1 aromatic rings. The van der Waals surface area contributed by atoms with E-state index in [9.17, 15) is 0 Å². The molecule has 0 radical (unpaired) electrons. The third-order valence-corrected chi connectivity index (χ3v) is 3.60. The fourth-order valence-corrected chi connectivity index (χ4v) is 2.33. The van der Waals surface area contributed by atoms with Crippen molar-refractivity contribution in [1.82, 2.24) is 14.7 Å². The predicted octanol–water partition coefficient (Wildman–Crippen LogP) is 2.97. The van der Waals surface area contributed by atoms with Crippen molar-refractivity contribution in [3.63, 3.8) is 0 Å². The average molecular weight is 292 g/mol. The molecule has 0 spiro atoms. The third kappa shape index (κ3) is 4.56. The second-order valence-electron chi connectivity index (χ2n) is 7.02. The maximum atomic E-state index is 5.83. The smallest absolute Gasteiger partial charge is 0.152 e. The van der Waals surface area contributed by atoms with Crippen LogP contribution in [-0.2, 0) is 16.7 Å². The Labute approximate surface area is 128 Å². The first-order valence-corrected chi connectivity index (χ1v) is 7.77. The SMILES string of the molecule is CN(C)/C=N/c1cc(C(C)(C)C)nn1CC1CCCCO1. The van der Waals surface area contributed by atoms with E-state index in [1.807, 2.05) is 30.0 Å². The molecule has 0 aliphatic carbocycles. The van der Waals surface area contributed by atoms with E-state index in [4.69, 9.17) is 9.84 Å². The molecule has 2 rings (SSSR count). The lowest BCUT2D eigenvalue weighted by Gasteiger charge is -2.23. The van der Waals surface area contributed by atoms with Crippen LogP contribution in [0.25, 0.3) is 0 Å². The van der Waals surface area contributed by atoms with Crippen LogP contribution >= 0.6 is 0 Å². The number of aliphatic imine (C=N–C) groups is 1. The second-order valence-corrected chi connectivity index (χ2v) is 7.02. The summed E-state index contributed by atoms with van der Waals surface area (Å²) in [5.41, 5.74) is 1.10. The molecule has 1 saturated heterocycles. The first kappa shape index (κ1) is 16.0. The fourth-order valence-electron chi connectivity index (χ4n) is 2.33. The van der Waals surface area contributed by atoms with Crippen LogP contribution in [0.2, 0.25) is 0 Å². The van der Waals surface area contributed by atoms with Gasteiger partial charge in [0.2, 0.25) is 0 Å². The second kappa shape index (κ2) is 6.60. The fraction of sp³-hybridized carbons (Fsp3) is 0.750. The monoisotopic (exact) mass is 292 g/mol. The zero-order chi connectivity index (χ0) is 15.5. The lowest BCUT2D eigenvalue weighted by atomic mass is 9.92. The molecule has 0 N–H and O–H groups in total. The molecule has 1 aliphatic rings. The lowest BCUT2D eigenvalue weighted by Crippen LogP contribution is -2.25. The minimum atomic E-state index is 0.0288. The Balaban J connectivity index is 2.21. The van der Waals surface area contributed by atoms with E-state index in [0.29, 0.717) is 0 Å². The van der Waals surface area contributed by atoms with E-state index >= 15 is 0 Å². The summed E-state index contributed by atoms with van der Waals surface area (Å²) in [6.07, 6.45) is 5.62. The maximum absolute atomic E-state index is 5.83. The summed E-state index contributed by atoms with van der Waals surface area (Å²) in [7, 11) is 3.94. The number of aromatic nitrogens is 2. The number of hydrogen-bond acceptors (Lipinski definition) is 3. The molecule has 1 unspecified atom stereocenters. The van der Waals surface area contributed by atoms with Gasteiger partial charge >= 0.3 is 0 Å². The van der Waals surface area contributed by atoms with Gasteiger partial charge in [0.15, 0.2) is 5.82 Å². The van der Waals surface area contributed by atoms with Gasteiger partial charge in [0, 0.05) is 32.2 Å². The van der Waals surface area contributed by atoms with Crippen LogP contribution in [-0.4, -0.2) is 47.8 Å². The zero-order valence-electron chi connectivity index (χ0n) is 14.0. The van der Waals surface area contributed by atoms with Crippen molar-refractivity contribution in [1.29, 1.82) is 0 Å². The van der Waals surface area contributed by atoms with Crippen LogP contribution < -0.4 is 0 Å². The van der Waals surface area contributed by atoms with E-state index in [1.54, 1.807) is 0 Å². The summed E-state index contributed by atoms with van der Waals surface area (Å²) in [5.74, 6) is 0.905. The van der Waals surface area contributed by atoms with Crippen molar-refractivity contribution in [2.45, 2.75) is 58.1 Å². The highest BCUT2D eigenvalue weighted by Crippen LogP contribution is 2.26. The van der Waals surface area contributed by atoms with Crippen molar-refractivity contribution in [2.24, 2.45) is 4.99 Å². The first-order valence-electron chi connectivity index (χ1n) is 7.77. The highest BCUT2D eigenvalue weighted by molar-refractivity contribution is 5.59. The standard InChI is InChI=1S/C16H28N4O/c1-16(2,3)14-10-15(17-12-19(4)5)20(18-14)11-13-8-6-7-9-21-13/h10,12-13H,6-9,11H2,1-5H3/b17-12+. The van der Waals surface area contributed by atoms with Crippen molar-refractivity contribution >= 4 is 12.2 Å². The summed E-state index contributed by atoms with van der Waals surface area (Å²) < 4.78 is 7.83. The van der Waals surface area contributed by atoms with Gasteiger partial charge < -0.3 is 9.64 Å². The minimum absolute atomic E-state index is 0.0288. The summed E-state index contributed by atoms with van der Waals surface area (Å²) in [5, 5.41) is 4.76. The molecule has 1 aromatic heterocycles. The average Bonchev–Trinajstić information content (AvgIpc) is 2.81. The topological polar surface area (TPSA) is 42.7 Å². The number of rotatable bonds is 4. The Kier molecular flexibility index (Phi) is 5.04. The quantitative estimate of drug-likeness (QED) is 0.633. The Morgan fingerprint density at radius 3 is 2.76 bits per heavy atom. The summed E-state index contributed by atoms with van der Waals surface area (Å²) in [6, 6.07) is 2.09. The van der Waals surface area contributed by atoms with Crippen LogP contribution in [0.4, 0.5) is 5.82 Å². The zero-order valence-corrected chi connectivity index (χ0v) is 14.0. The van der Waals surface area contributed by atoms with Gasteiger partial charge in [-0.1, -0.05) is 20.8 Å². The van der Waals surface area contributed by atoms with Gasteiger partial charge in [-0.2, -0.15) is 5.10 Å². The molecule has 1 atom stereocenters. The van der Waals surface area contributed by atoms with Crippen molar-refractivity contribution in [3.05, 3.63) is 11.8 Å². The number of nitrogens with zero attached hydrogens (tertiary/aromatic N) is 4. The molecule has 21 heavy (non-hydrogen) atoms. The summed E-state index contributed by atoms with van der Waals surface area (Å²) >= 11 is 0. The predicted molar refractivity (Wildman–Crippen MR) is 86.4 cm³/mol.